The number of nitrogens with two attached hydrogens (primary N) is 1. The molecule has 1 aromatic carbocycles. The zero-order chi connectivity index (χ0) is 19.5. The van der Waals surface area contributed by atoms with Gasteiger partial charge in [-0.1, -0.05) is 35.5 Å². The van der Waals surface area contributed by atoms with Crippen LogP contribution in [0.25, 0.3) is 11.2 Å². The van der Waals surface area contributed by atoms with Crippen molar-refractivity contribution < 1.29 is 0 Å². The zero-order valence-electron chi connectivity index (χ0n) is 16.5. The van der Waals surface area contributed by atoms with Crippen LogP contribution >= 0.6 is 0 Å². The third-order valence-electron chi connectivity index (χ3n) is 5.22. The summed E-state index contributed by atoms with van der Waals surface area (Å²) in [5.41, 5.74) is 8.66. The van der Waals surface area contributed by atoms with Gasteiger partial charge in [0.15, 0.2) is 17.0 Å². The summed E-state index contributed by atoms with van der Waals surface area (Å²) in [6.07, 6.45) is 4.14. The summed E-state index contributed by atoms with van der Waals surface area (Å²) in [6.45, 7) is 4.81. The van der Waals surface area contributed by atoms with Crippen molar-refractivity contribution >= 4 is 22.9 Å². The molecule has 0 radical (unpaired) electrons. The van der Waals surface area contributed by atoms with E-state index >= 15 is 0 Å². The molecule has 4 N–H and O–H groups in total. The number of hydrogen-bond acceptors (Lipinski definition) is 7. The van der Waals surface area contributed by atoms with E-state index in [1.165, 1.54) is 5.56 Å². The van der Waals surface area contributed by atoms with E-state index in [1.54, 1.807) is 0 Å². The Labute approximate surface area is 164 Å². The number of hydrogen-bond donors (Lipinski definition) is 3. The highest BCUT2D eigenvalue weighted by atomic mass is 15.5. The fraction of sp³-hybridized carbons (Fsp3) is 0.500. The Morgan fingerprint density at radius 3 is 2.57 bits per heavy atom. The average molecular weight is 381 g/mol. The van der Waals surface area contributed by atoms with Crippen LogP contribution in [0.3, 0.4) is 0 Å². The largest absolute Gasteiger partial charge is 0.364 e. The first kappa shape index (κ1) is 18.6. The Hall–Kier alpha value is -2.74. The van der Waals surface area contributed by atoms with Gasteiger partial charge in [-0.3, -0.25) is 0 Å². The smallest absolute Gasteiger partial charge is 0.227 e. The quantitative estimate of drug-likeness (QED) is 0.603. The van der Waals surface area contributed by atoms with Crippen molar-refractivity contribution in [1.82, 2.24) is 25.0 Å². The monoisotopic (exact) mass is 380 g/mol. The Morgan fingerprint density at radius 2 is 1.86 bits per heavy atom. The van der Waals surface area contributed by atoms with E-state index in [1.807, 2.05) is 22.9 Å². The van der Waals surface area contributed by atoms with Gasteiger partial charge in [0, 0.05) is 18.6 Å². The van der Waals surface area contributed by atoms with Crippen LogP contribution in [0, 0.1) is 0 Å². The topological polar surface area (TPSA) is 107 Å². The van der Waals surface area contributed by atoms with E-state index in [0.29, 0.717) is 35.9 Å². The highest BCUT2D eigenvalue weighted by Gasteiger charge is 2.21. The summed E-state index contributed by atoms with van der Waals surface area (Å²) in [4.78, 5) is 9.45. The first-order chi connectivity index (χ1) is 13.6. The highest BCUT2D eigenvalue weighted by molar-refractivity contribution is 5.83. The molecule has 28 heavy (non-hydrogen) atoms. The first-order valence-corrected chi connectivity index (χ1v) is 10.0. The lowest BCUT2D eigenvalue weighted by Gasteiger charge is -2.26. The standard InChI is InChI=1S/C20H28N8/c1-13(2)28-19-17(26-27-28)18(22-12-14-6-4-3-5-7-14)24-20(25-19)23-16-10-8-15(21)9-11-16/h3-7,13,15-16H,8-12,21H2,1-2H3,(H2,22,23,24,25). The van der Waals surface area contributed by atoms with Crippen LogP contribution in [0.2, 0.25) is 0 Å². The maximum absolute atomic E-state index is 6.03. The van der Waals surface area contributed by atoms with Crippen LogP contribution in [-0.2, 0) is 6.54 Å². The molecule has 1 saturated carbocycles. The van der Waals surface area contributed by atoms with Crippen LogP contribution in [0.1, 0.15) is 51.1 Å². The molecule has 2 aromatic heterocycles. The molecular formula is C20H28N8. The van der Waals surface area contributed by atoms with Crippen molar-refractivity contribution in [2.75, 3.05) is 10.6 Å². The second kappa shape index (κ2) is 8.10. The molecule has 1 aliphatic carbocycles. The molecule has 3 aromatic rings. The predicted molar refractivity (Wildman–Crippen MR) is 111 cm³/mol. The van der Waals surface area contributed by atoms with Crippen molar-refractivity contribution in [1.29, 1.82) is 0 Å². The van der Waals surface area contributed by atoms with Gasteiger partial charge in [-0.15, -0.1) is 5.10 Å². The van der Waals surface area contributed by atoms with E-state index in [4.69, 9.17) is 15.7 Å². The SMILES string of the molecule is CC(C)n1nnc2c(NCc3ccccc3)nc(NC3CCC(N)CC3)nc21. The van der Waals surface area contributed by atoms with Gasteiger partial charge in [0.05, 0.1) is 6.04 Å². The second-order valence-corrected chi connectivity index (χ2v) is 7.79. The maximum Gasteiger partial charge on any atom is 0.227 e. The lowest BCUT2D eigenvalue weighted by atomic mass is 9.92. The summed E-state index contributed by atoms with van der Waals surface area (Å²) in [6, 6.07) is 11.1. The molecule has 148 valence electrons. The Balaban J connectivity index is 1.62. The van der Waals surface area contributed by atoms with Crippen LogP contribution < -0.4 is 16.4 Å². The molecule has 0 saturated heterocycles. The summed E-state index contributed by atoms with van der Waals surface area (Å²) in [5, 5.41) is 15.5. The molecule has 2 heterocycles. The zero-order valence-corrected chi connectivity index (χ0v) is 16.5. The minimum atomic E-state index is 0.169. The van der Waals surface area contributed by atoms with Crippen molar-refractivity contribution in [3.8, 4) is 0 Å². The van der Waals surface area contributed by atoms with E-state index in [-0.39, 0.29) is 6.04 Å². The molecule has 0 amide bonds. The molecule has 0 spiro atoms. The van der Waals surface area contributed by atoms with Crippen molar-refractivity contribution in [3.05, 3.63) is 35.9 Å². The van der Waals surface area contributed by atoms with Gasteiger partial charge in [0.2, 0.25) is 5.95 Å². The predicted octanol–water partition coefficient (Wildman–Crippen LogP) is 3.10. The van der Waals surface area contributed by atoms with Gasteiger partial charge in [-0.25, -0.2) is 4.68 Å². The third kappa shape index (κ3) is 4.06. The molecule has 8 heteroatoms. The molecule has 0 bridgehead atoms. The third-order valence-corrected chi connectivity index (χ3v) is 5.22. The minimum Gasteiger partial charge on any atom is -0.364 e. The van der Waals surface area contributed by atoms with E-state index < -0.39 is 0 Å². The molecule has 4 rings (SSSR count). The molecule has 1 fully saturated rings. The van der Waals surface area contributed by atoms with Crippen LogP contribution in [-0.4, -0.2) is 37.0 Å². The number of rotatable bonds is 6. The van der Waals surface area contributed by atoms with E-state index in [9.17, 15) is 0 Å². The Kier molecular flexibility index (Phi) is 5.38. The normalized spacial score (nSPS) is 19.9. The number of fused-ring (bicyclic) bond motifs is 1. The van der Waals surface area contributed by atoms with Gasteiger partial charge < -0.3 is 16.4 Å². The Bertz CT molecular complexity index is 913. The van der Waals surface area contributed by atoms with Gasteiger partial charge in [-0.2, -0.15) is 9.97 Å². The van der Waals surface area contributed by atoms with Crippen LogP contribution in [0.4, 0.5) is 11.8 Å². The summed E-state index contributed by atoms with van der Waals surface area (Å²) in [5.74, 6) is 1.32. The minimum absolute atomic E-state index is 0.169. The summed E-state index contributed by atoms with van der Waals surface area (Å²) in [7, 11) is 0. The lowest BCUT2D eigenvalue weighted by Crippen LogP contribution is -2.33. The van der Waals surface area contributed by atoms with Crippen LogP contribution in [0.5, 0.6) is 0 Å². The van der Waals surface area contributed by atoms with E-state index in [2.05, 4.69) is 46.9 Å². The first-order valence-electron chi connectivity index (χ1n) is 10.0. The van der Waals surface area contributed by atoms with Crippen molar-refractivity contribution in [3.63, 3.8) is 0 Å². The number of nitrogens with one attached hydrogen (secondary N) is 2. The summed E-state index contributed by atoms with van der Waals surface area (Å²) < 4.78 is 1.84. The van der Waals surface area contributed by atoms with Gasteiger partial charge in [0.25, 0.3) is 0 Å². The molecule has 1 aliphatic rings. The van der Waals surface area contributed by atoms with Crippen molar-refractivity contribution in [2.24, 2.45) is 5.73 Å². The van der Waals surface area contributed by atoms with E-state index in [0.717, 1.165) is 31.3 Å². The number of benzene rings is 1. The van der Waals surface area contributed by atoms with Gasteiger partial charge in [-0.05, 0) is 45.1 Å². The van der Waals surface area contributed by atoms with Gasteiger partial charge >= 0.3 is 0 Å². The molecule has 8 nitrogen and oxygen atoms in total. The van der Waals surface area contributed by atoms with Crippen molar-refractivity contribution in [2.45, 2.75) is 64.2 Å². The molecule has 0 unspecified atom stereocenters. The molecule has 0 aliphatic heterocycles. The maximum atomic E-state index is 6.03. The Morgan fingerprint density at radius 1 is 1.11 bits per heavy atom. The average Bonchev–Trinajstić information content (AvgIpc) is 3.13. The highest BCUT2D eigenvalue weighted by Crippen LogP contribution is 2.25. The van der Waals surface area contributed by atoms with Gasteiger partial charge in [0.1, 0.15) is 0 Å². The second-order valence-electron chi connectivity index (χ2n) is 7.79. The number of nitrogens with zero attached hydrogens (tertiary/aromatic N) is 5. The number of anilines is 2. The molecule has 0 atom stereocenters. The number of aromatic nitrogens is 5. The fourth-order valence-corrected chi connectivity index (χ4v) is 3.59. The lowest BCUT2D eigenvalue weighted by molar-refractivity contribution is 0.410. The molecular weight excluding hydrogens is 352 g/mol. The fourth-order valence-electron chi connectivity index (χ4n) is 3.59. The summed E-state index contributed by atoms with van der Waals surface area (Å²) >= 11 is 0. The van der Waals surface area contributed by atoms with Crippen LogP contribution in [0.15, 0.2) is 30.3 Å².